The molecule has 1 aliphatic heterocycles. The number of rotatable bonds is 4. The molecule has 1 aliphatic rings. The second kappa shape index (κ2) is 5.60. The molecule has 6 nitrogen and oxygen atoms in total. The van der Waals surface area contributed by atoms with Crippen LogP contribution in [0.1, 0.15) is 18.9 Å². The van der Waals surface area contributed by atoms with Crippen molar-refractivity contribution in [3.8, 4) is 0 Å². The molecule has 1 aromatic rings. The van der Waals surface area contributed by atoms with Crippen molar-refractivity contribution in [2.45, 2.75) is 19.8 Å². The summed E-state index contributed by atoms with van der Waals surface area (Å²) in [7, 11) is 0. The molecule has 0 aromatic heterocycles. The fourth-order valence-electron chi connectivity index (χ4n) is 1.98. The van der Waals surface area contributed by atoms with E-state index in [4.69, 9.17) is 10.5 Å². The second-order valence-corrected chi connectivity index (χ2v) is 4.30. The Morgan fingerprint density at radius 1 is 1.47 bits per heavy atom. The minimum atomic E-state index is -0.326. The van der Waals surface area contributed by atoms with E-state index in [0.717, 1.165) is 11.3 Å². The molecule has 0 aliphatic carbocycles. The number of anilines is 3. The van der Waals surface area contributed by atoms with Gasteiger partial charge in [0.15, 0.2) is 0 Å². The fourth-order valence-corrected chi connectivity index (χ4v) is 1.98. The van der Waals surface area contributed by atoms with Crippen LogP contribution in [-0.2, 0) is 20.7 Å². The predicted molar refractivity (Wildman–Crippen MR) is 72.9 cm³/mol. The molecule has 102 valence electrons. The van der Waals surface area contributed by atoms with E-state index in [2.05, 4.69) is 10.6 Å². The van der Waals surface area contributed by atoms with E-state index in [0.29, 0.717) is 30.8 Å². The standard InChI is InChI=1S/C13H17N3O3/c1-2-19-13(18)7-15-11-5-8-3-4-12(17)16-10(8)6-9(11)14/h5-6,15H,2-4,7,14H2,1H3,(H,16,17). The first-order valence-electron chi connectivity index (χ1n) is 6.22. The number of amides is 1. The number of nitrogen functional groups attached to an aromatic ring is 1. The summed E-state index contributed by atoms with van der Waals surface area (Å²) < 4.78 is 4.83. The molecule has 0 atom stereocenters. The molecule has 0 unspecified atom stereocenters. The summed E-state index contributed by atoms with van der Waals surface area (Å²) in [4.78, 5) is 22.6. The number of fused-ring (bicyclic) bond motifs is 1. The molecular weight excluding hydrogens is 246 g/mol. The normalized spacial score (nSPS) is 13.4. The molecular formula is C13H17N3O3. The van der Waals surface area contributed by atoms with Crippen molar-refractivity contribution >= 4 is 28.9 Å². The van der Waals surface area contributed by atoms with Gasteiger partial charge in [-0.1, -0.05) is 0 Å². The Bertz CT molecular complexity index is 514. The number of hydrogen-bond acceptors (Lipinski definition) is 5. The minimum Gasteiger partial charge on any atom is -0.465 e. The van der Waals surface area contributed by atoms with Crippen molar-refractivity contribution in [1.82, 2.24) is 0 Å². The Morgan fingerprint density at radius 2 is 2.26 bits per heavy atom. The molecule has 0 saturated carbocycles. The highest BCUT2D eigenvalue weighted by Crippen LogP contribution is 2.30. The lowest BCUT2D eigenvalue weighted by atomic mass is 10.0. The summed E-state index contributed by atoms with van der Waals surface area (Å²) in [6.07, 6.45) is 1.14. The van der Waals surface area contributed by atoms with Crippen LogP contribution in [0.25, 0.3) is 0 Å². The van der Waals surface area contributed by atoms with Gasteiger partial charge >= 0.3 is 5.97 Å². The van der Waals surface area contributed by atoms with Crippen LogP contribution in [0.5, 0.6) is 0 Å². The lowest BCUT2D eigenvalue weighted by Crippen LogP contribution is -2.21. The zero-order valence-corrected chi connectivity index (χ0v) is 10.8. The van der Waals surface area contributed by atoms with Gasteiger partial charge in [0.25, 0.3) is 0 Å². The number of esters is 1. The highest BCUT2D eigenvalue weighted by molar-refractivity contribution is 5.95. The van der Waals surface area contributed by atoms with Crippen LogP contribution in [0.2, 0.25) is 0 Å². The SMILES string of the molecule is CCOC(=O)CNc1cc2c(cc1N)NC(=O)CC2. The minimum absolute atomic E-state index is 0.000803. The number of carbonyl (C=O) groups excluding carboxylic acids is 2. The smallest absolute Gasteiger partial charge is 0.325 e. The molecule has 0 fully saturated rings. The van der Waals surface area contributed by atoms with Crippen molar-refractivity contribution in [2.24, 2.45) is 0 Å². The van der Waals surface area contributed by atoms with Gasteiger partial charge in [0.05, 0.1) is 18.0 Å². The van der Waals surface area contributed by atoms with Gasteiger partial charge in [-0.2, -0.15) is 0 Å². The van der Waals surface area contributed by atoms with Gasteiger partial charge < -0.3 is 21.1 Å². The highest BCUT2D eigenvalue weighted by Gasteiger charge is 2.16. The summed E-state index contributed by atoms with van der Waals surface area (Å²) in [5.74, 6) is -0.327. The number of nitrogens with two attached hydrogens (primary N) is 1. The summed E-state index contributed by atoms with van der Waals surface area (Å²) in [6, 6.07) is 3.57. The summed E-state index contributed by atoms with van der Waals surface area (Å²) >= 11 is 0. The maximum Gasteiger partial charge on any atom is 0.325 e. The third kappa shape index (κ3) is 3.15. The molecule has 19 heavy (non-hydrogen) atoms. The Labute approximate surface area is 111 Å². The summed E-state index contributed by atoms with van der Waals surface area (Å²) in [5.41, 5.74) is 8.82. The van der Waals surface area contributed by atoms with Crippen LogP contribution in [-0.4, -0.2) is 25.0 Å². The second-order valence-electron chi connectivity index (χ2n) is 4.30. The first-order chi connectivity index (χ1) is 9.10. The first kappa shape index (κ1) is 13.2. The third-order valence-corrected chi connectivity index (χ3v) is 2.90. The molecule has 0 saturated heterocycles. The van der Waals surface area contributed by atoms with Crippen molar-refractivity contribution in [3.05, 3.63) is 17.7 Å². The quantitative estimate of drug-likeness (QED) is 0.559. The Kier molecular flexibility index (Phi) is 3.89. The summed E-state index contributed by atoms with van der Waals surface area (Å²) in [6.45, 7) is 2.18. The Morgan fingerprint density at radius 3 is 3.00 bits per heavy atom. The number of benzene rings is 1. The molecule has 0 spiro atoms. The number of carbonyl (C=O) groups is 2. The third-order valence-electron chi connectivity index (χ3n) is 2.90. The number of hydrogen-bond donors (Lipinski definition) is 3. The van der Waals surface area contributed by atoms with Crippen molar-refractivity contribution in [1.29, 1.82) is 0 Å². The lowest BCUT2D eigenvalue weighted by Gasteiger charge is -2.19. The number of nitrogens with one attached hydrogen (secondary N) is 2. The van der Waals surface area contributed by atoms with Crippen LogP contribution in [0, 0.1) is 0 Å². The van der Waals surface area contributed by atoms with E-state index >= 15 is 0 Å². The van der Waals surface area contributed by atoms with Crippen molar-refractivity contribution in [2.75, 3.05) is 29.5 Å². The number of ether oxygens (including phenoxy) is 1. The predicted octanol–water partition coefficient (Wildman–Crippen LogP) is 1.13. The Hall–Kier alpha value is -2.24. The average molecular weight is 263 g/mol. The molecule has 2 rings (SSSR count). The van der Waals surface area contributed by atoms with Gasteiger partial charge in [0.1, 0.15) is 6.54 Å². The lowest BCUT2D eigenvalue weighted by molar-refractivity contribution is -0.140. The molecule has 0 bridgehead atoms. The zero-order chi connectivity index (χ0) is 13.8. The van der Waals surface area contributed by atoms with E-state index in [1.54, 1.807) is 13.0 Å². The highest BCUT2D eigenvalue weighted by atomic mass is 16.5. The van der Waals surface area contributed by atoms with E-state index < -0.39 is 0 Å². The summed E-state index contributed by atoms with van der Waals surface area (Å²) in [5, 5.41) is 5.72. The maximum absolute atomic E-state index is 11.3. The van der Waals surface area contributed by atoms with Crippen LogP contribution < -0.4 is 16.4 Å². The van der Waals surface area contributed by atoms with Crippen LogP contribution >= 0.6 is 0 Å². The van der Waals surface area contributed by atoms with Crippen molar-refractivity contribution < 1.29 is 14.3 Å². The molecule has 6 heteroatoms. The van der Waals surface area contributed by atoms with Gasteiger partial charge in [-0.15, -0.1) is 0 Å². The maximum atomic E-state index is 11.3. The van der Waals surface area contributed by atoms with Crippen LogP contribution in [0.4, 0.5) is 17.1 Å². The van der Waals surface area contributed by atoms with E-state index in [1.807, 2.05) is 6.07 Å². The van der Waals surface area contributed by atoms with E-state index in [1.165, 1.54) is 0 Å². The Balaban J connectivity index is 2.10. The van der Waals surface area contributed by atoms with Crippen molar-refractivity contribution in [3.63, 3.8) is 0 Å². The van der Waals surface area contributed by atoms with Gasteiger partial charge in [-0.25, -0.2) is 0 Å². The van der Waals surface area contributed by atoms with Gasteiger partial charge in [-0.05, 0) is 31.0 Å². The van der Waals surface area contributed by atoms with E-state index in [-0.39, 0.29) is 18.4 Å². The van der Waals surface area contributed by atoms with Crippen LogP contribution in [0.15, 0.2) is 12.1 Å². The van der Waals surface area contributed by atoms with Gasteiger partial charge in [-0.3, -0.25) is 9.59 Å². The number of aryl methyl sites for hydroxylation is 1. The monoisotopic (exact) mass is 263 g/mol. The first-order valence-corrected chi connectivity index (χ1v) is 6.22. The topological polar surface area (TPSA) is 93.4 Å². The molecule has 0 radical (unpaired) electrons. The molecule has 4 N–H and O–H groups in total. The molecule has 1 amide bonds. The average Bonchev–Trinajstić information content (AvgIpc) is 2.36. The van der Waals surface area contributed by atoms with Gasteiger partial charge in [0, 0.05) is 12.1 Å². The van der Waals surface area contributed by atoms with Crippen LogP contribution in [0.3, 0.4) is 0 Å². The molecule has 1 aromatic carbocycles. The van der Waals surface area contributed by atoms with Gasteiger partial charge in [0.2, 0.25) is 5.91 Å². The van der Waals surface area contributed by atoms with E-state index in [9.17, 15) is 9.59 Å². The fraction of sp³-hybridized carbons (Fsp3) is 0.385. The largest absolute Gasteiger partial charge is 0.465 e. The zero-order valence-electron chi connectivity index (χ0n) is 10.8. The molecule has 1 heterocycles.